The van der Waals surface area contributed by atoms with Gasteiger partial charge in [0.1, 0.15) is 0 Å². The van der Waals surface area contributed by atoms with E-state index in [4.69, 9.17) is 0 Å². The van der Waals surface area contributed by atoms with E-state index in [1.165, 1.54) is 0 Å². The van der Waals surface area contributed by atoms with E-state index < -0.39 is 0 Å². The Labute approximate surface area is 52.2 Å². The van der Waals surface area contributed by atoms with Crippen molar-refractivity contribution in [3.63, 3.8) is 0 Å². The molecule has 1 rings (SSSR count). The van der Waals surface area contributed by atoms with Crippen LogP contribution in [0.3, 0.4) is 0 Å². The van der Waals surface area contributed by atoms with Gasteiger partial charge in [0.05, 0.1) is 0 Å². The van der Waals surface area contributed by atoms with Crippen LogP contribution in [0.2, 0.25) is 10.5 Å². The van der Waals surface area contributed by atoms with E-state index in [2.05, 4.69) is 6.92 Å². The predicted molar refractivity (Wildman–Crippen MR) is 33.8 cm³/mol. The first-order valence-electron chi connectivity index (χ1n) is 3.10. The molecular formula is C6H12Ge. The van der Waals surface area contributed by atoms with Gasteiger partial charge in [0.15, 0.2) is 0 Å². The first kappa shape index (κ1) is 5.68. The molecule has 40 valence electrons. The van der Waals surface area contributed by atoms with E-state index in [0.29, 0.717) is 15.4 Å². The molecule has 0 aromatic carbocycles. The molecule has 0 aromatic heterocycles. The van der Waals surface area contributed by atoms with Gasteiger partial charge in [-0.2, -0.15) is 0 Å². The van der Waals surface area contributed by atoms with Crippen molar-refractivity contribution in [2.24, 2.45) is 5.92 Å². The van der Waals surface area contributed by atoms with Gasteiger partial charge in [0.2, 0.25) is 0 Å². The molecule has 0 atom stereocenters. The van der Waals surface area contributed by atoms with Crippen molar-refractivity contribution >= 4 is 15.4 Å². The summed E-state index contributed by atoms with van der Waals surface area (Å²) >= 11 is 0.578. The number of hydrogen-bond acceptors (Lipinski definition) is 0. The molecule has 7 heavy (non-hydrogen) atoms. The Morgan fingerprint density at radius 1 is 1.29 bits per heavy atom. The SMILES string of the molecule is CC1C[CH2][Ge][CH2]C1. The van der Waals surface area contributed by atoms with Gasteiger partial charge >= 0.3 is 51.6 Å². The van der Waals surface area contributed by atoms with Crippen LogP contribution in [0.1, 0.15) is 19.8 Å². The van der Waals surface area contributed by atoms with E-state index in [-0.39, 0.29) is 0 Å². The van der Waals surface area contributed by atoms with Crippen LogP contribution in [0.5, 0.6) is 0 Å². The maximum absolute atomic E-state index is 2.38. The Bertz CT molecular complexity index is 46.1. The van der Waals surface area contributed by atoms with Crippen molar-refractivity contribution in [2.75, 3.05) is 0 Å². The quantitative estimate of drug-likeness (QED) is 0.471. The first-order valence-corrected chi connectivity index (χ1v) is 6.07. The van der Waals surface area contributed by atoms with E-state index >= 15 is 0 Å². The summed E-state index contributed by atoms with van der Waals surface area (Å²) in [7, 11) is 0. The van der Waals surface area contributed by atoms with Gasteiger partial charge in [0.25, 0.3) is 0 Å². The zero-order chi connectivity index (χ0) is 5.11. The molecule has 0 aromatic rings. The Balaban J connectivity index is 2.12. The van der Waals surface area contributed by atoms with E-state index in [0.717, 1.165) is 5.92 Å². The molecule has 1 fully saturated rings. The summed E-state index contributed by atoms with van der Waals surface area (Å²) < 4.78 is 0. The second-order valence-electron chi connectivity index (χ2n) is 2.43. The zero-order valence-corrected chi connectivity index (χ0v) is 7.00. The average Bonchev–Trinajstić information content (AvgIpc) is 1.69. The van der Waals surface area contributed by atoms with Crippen molar-refractivity contribution in [3.8, 4) is 0 Å². The summed E-state index contributed by atoms with van der Waals surface area (Å²) in [4.78, 5) is 0. The summed E-state index contributed by atoms with van der Waals surface area (Å²) in [5.41, 5.74) is 0. The fourth-order valence-electron chi connectivity index (χ4n) is 0.966. The van der Waals surface area contributed by atoms with Crippen LogP contribution in [0.15, 0.2) is 0 Å². The zero-order valence-electron chi connectivity index (χ0n) is 4.91. The summed E-state index contributed by atoms with van der Waals surface area (Å²) in [6, 6.07) is 0. The van der Waals surface area contributed by atoms with Gasteiger partial charge in [0, 0.05) is 0 Å². The van der Waals surface area contributed by atoms with Gasteiger partial charge in [-0.15, -0.1) is 0 Å². The molecule has 0 unspecified atom stereocenters. The summed E-state index contributed by atoms with van der Waals surface area (Å²) in [6.07, 6.45) is 3.08. The van der Waals surface area contributed by atoms with Crippen LogP contribution in [-0.2, 0) is 0 Å². The summed E-state index contributed by atoms with van der Waals surface area (Å²) in [5.74, 6) is 1.07. The fourth-order valence-corrected chi connectivity index (χ4v) is 4.42. The Hall–Kier alpha value is 0.543. The van der Waals surface area contributed by atoms with Crippen molar-refractivity contribution in [1.82, 2.24) is 0 Å². The first-order chi connectivity index (χ1) is 3.39. The average molecular weight is 157 g/mol. The molecular weight excluding hydrogens is 145 g/mol. The third-order valence-corrected chi connectivity index (χ3v) is 4.32. The molecule has 1 heteroatoms. The second-order valence-corrected chi connectivity index (χ2v) is 5.58. The molecule has 2 radical (unpaired) electrons. The topological polar surface area (TPSA) is 0 Å². The fraction of sp³-hybridized carbons (Fsp3) is 1.00. The van der Waals surface area contributed by atoms with Crippen LogP contribution in [0, 0.1) is 5.92 Å². The third kappa shape index (κ3) is 1.85. The van der Waals surface area contributed by atoms with Gasteiger partial charge in [-0.1, -0.05) is 0 Å². The van der Waals surface area contributed by atoms with Gasteiger partial charge in [-0.05, 0) is 0 Å². The van der Waals surface area contributed by atoms with Gasteiger partial charge < -0.3 is 0 Å². The van der Waals surface area contributed by atoms with Crippen molar-refractivity contribution in [2.45, 2.75) is 30.3 Å². The molecule has 1 heterocycles. The number of rotatable bonds is 0. The molecule has 1 aliphatic heterocycles. The van der Waals surface area contributed by atoms with E-state index in [1.807, 2.05) is 0 Å². The normalized spacial score (nSPS) is 25.3. The van der Waals surface area contributed by atoms with Crippen LogP contribution in [0.25, 0.3) is 0 Å². The molecule has 0 aliphatic carbocycles. The molecule has 0 N–H and O–H groups in total. The van der Waals surface area contributed by atoms with Gasteiger partial charge in [-0.25, -0.2) is 0 Å². The molecule has 1 aliphatic rings. The second kappa shape index (κ2) is 2.75. The van der Waals surface area contributed by atoms with Gasteiger partial charge in [-0.3, -0.25) is 0 Å². The minimum absolute atomic E-state index is 0.578. The molecule has 0 bridgehead atoms. The summed E-state index contributed by atoms with van der Waals surface area (Å²) in [5, 5.41) is 3.22. The van der Waals surface area contributed by atoms with Crippen LogP contribution < -0.4 is 0 Å². The van der Waals surface area contributed by atoms with Crippen molar-refractivity contribution < 1.29 is 0 Å². The Morgan fingerprint density at radius 2 is 1.86 bits per heavy atom. The monoisotopic (exact) mass is 158 g/mol. The standard InChI is InChI=1S/C6H12Ge/c1-6-2-4-7-5-3-6/h6H,2-5H2,1H3. The summed E-state index contributed by atoms with van der Waals surface area (Å²) in [6.45, 7) is 2.38. The molecule has 0 spiro atoms. The third-order valence-electron chi connectivity index (χ3n) is 1.63. The maximum atomic E-state index is 2.38. The Kier molecular flexibility index (Phi) is 2.23. The van der Waals surface area contributed by atoms with Crippen LogP contribution >= 0.6 is 0 Å². The predicted octanol–water partition coefficient (Wildman–Crippen LogP) is 1.96. The minimum atomic E-state index is 0.578. The van der Waals surface area contributed by atoms with E-state index in [9.17, 15) is 0 Å². The molecule has 0 nitrogen and oxygen atoms in total. The van der Waals surface area contributed by atoms with Crippen LogP contribution in [-0.4, -0.2) is 15.4 Å². The van der Waals surface area contributed by atoms with Crippen molar-refractivity contribution in [3.05, 3.63) is 0 Å². The number of hydrogen-bond donors (Lipinski definition) is 0. The van der Waals surface area contributed by atoms with E-state index in [1.54, 1.807) is 23.3 Å². The molecule has 0 saturated carbocycles. The molecule has 0 amide bonds. The Morgan fingerprint density at radius 3 is 2.14 bits per heavy atom. The molecule has 1 saturated heterocycles. The van der Waals surface area contributed by atoms with Crippen LogP contribution in [0.4, 0.5) is 0 Å². The van der Waals surface area contributed by atoms with Crippen molar-refractivity contribution in [1.29, 1.82) is 0 Å².